The molecule has 2 aromatic carbocycles. The first kappa shape index (κ1) is 15.4. The van der Waals surface area contributed by atoms with Crippen molar-refractivity contribution in [3.63, 3.8) is 0 Å². The minimum absolute atomic E-state index is 0.106. The summed E-state index contributed by atoms with van der Waals surface area (Å²) in [5.74, 6) is 0.419. The third kappa shape index (κ3) is 3.03. The zero-order valence-corrected chi connectivity index (χ0v) is 13.2. The molecule has 0 saturated carbocycles. The standard InChI is InChI=1S/C18H15ClO4/c1-2-14(22-12-7-5-6-11(19)10-12)16-17(20)13-8-3-4-9-15(13)23-18(16)21/h3-10,14,20H,2H2,1H3. The molecule has 1 heterocycles. The highest BCUT2D eigenvalue weighted by Gasteiger charge is 2.23. The van der Waals surface area contributed by atoms with Crippen LogP contribution >= 0.6 is 11.6 Å². The molecule has 0 aliphatic carbocycles. The Morgan fingerprint density at radius 1 is 1.22 bits per heavy atom. The first-order valence-electron chi connectivity index (χ1n) is 7.27. The van der Waals surface area contributed by atoms with Gasteiger partial charge >= 0.3 is 5.63 Å². The summed E-state index contributed by atoms with van der Waals surface area (Å²) in [4.78, 5) is 12.3. The van der Waals surface area contributed by atoms with Crippen molar-refractivity contribution in [2.24, 2.45) is 0 Å². The average Bonchev–Trinajstić information content (AvgIpc) is 2.54. The maximum atomic E-state index is 12.3. The van der Waals surface area contributed by atoms with Crippen molar-refractivity contribution in [1.82, 2.24) is 0 Å². The van der Waals surface area contributed by atoms with E-state index in [2.05, 4.69) is 0 Å². The lowest BCUT2D eigenvalue weighted by Gasteiger charge is -2.18. The van der Waals surface area contributed by atoms with Gasteiger partial charge in [0.25, 0.3) is 0 Å². The molecule has 3 aromatic rings. The quantitative estimate of drug-likeness (QED) is 0.705. The van der Waals surface area contributed by atoms with Crippen LogP contribution in [0.4, 0.5) is 0 Å². The molecule has 0 amide bonds. The molecule has 3 rings (SSSR count). The number of aromatic hydroxyl groups is 1. The lowest BCUT2D eigenvalue weighted by molar-refractivity contribution is 0.192. The molecule has 4 nitrogen and oxygen atoms in total. The second kappa shape index (κ2) is 6.34. The smallest absolute Gasteiger partial charge is 0.347 e. The van der Waals surface area contributed by atoms with E-state index in [0.717, 1.165) is 0 Å². The van der Waals surface area contributed by atoms with Crippen molar-refractivity contribution in [2.75, 3.05) is 0 Å². The Morgan fingerprint density at radius 2 is 2.00 bits per heavy atom. The van der Waals surface area contributed by atoms with E-state index in [1.165, 1.54) is 0 Å². The number of para-hydroxylation sites is 1. The van der Waals surface area contributed by atoms with Crippen LogP contribution in [0, 0.1) is 0 Å². The van der Waals surface area contributed by atoms with Gasteiger partial charge in [0.1, 0.15) is 28.7 Å². The molecule has 1 aromatic heterocycles. The monoisotopic (exact) mass is 330 g/mol. The van der Waals surface area contributed by atoms with E-state index in [0.29, 0.717) is 28.2 Å². The summed E-state index contributed by atoms with van der Waals surface area (Å²) in [5, 5.41) is 11.5. The van der Waals surface area contributed by atoms with Crippen LogP contribution in [0.3, 0.4) is 0 Å². The Bertz CT molecular complexity index is 901. The topological polar surface area (TPSA) is 59.7 Å². The van der Waals surface area contributed by atoms with Gasteiger partial charge in [-0.1, -0.05) is 36.7 Å². The predicted octanol–water partition coefficient (Wildman–Crippen LogP) is 4.68. The fourth-order valence-electron chi connectivity index (χ4n) is 2.48. The van der Waals surface area contributed by atoms with Gasteiger partial charge in [-0.3, -0.25) is 0 Å². The maximum absolute atomic E-state index is 12.3. The average molecular weight is 331 g/mol. The Balaban J connectivity index is 2.08. The van der Waals surface area contributed by atoms with E-state index in [1.54, 1.807) is 48.5 Å². The van der Waals surface area contributed by atoms with Crippen LogP contribution in [0.5, 0.6) is 11.5 Å². The molecule has 23 heavy (non-hydrogen) atoms. The summed E-state index contributed by atoms with van der Waals surface area (Å²) in [7, 11) is 0. The first-order valence-corrected chi connectivity index (χ1v) is 7.65. The van der Waals surface area contributed by atoms with Crippen LogP contribution < -0.4 is 10.4 Å². The number of benzene rings is 2. The normalized spacial score (nSPS) is 12.3. The molecule has 1 atom stereocenters. The van der Waals surface area contributed by atoms with Crippen LogP contribution in [0.25, 0.3) is 11.0 Å². The summed E-state index contributed by atoms with van der Waals surface area (Å²) >= 11 is 5.95. The molecule has 1 unspecified atom stereocenters. The van der Waals surface area contributed by atoms with E-state index >= 15 is 0 Å². The third-order valence-electron chi connectivity index (χ3n) is 3.59. The summed E-state index contributed by atoms with van der Waals surface area (Å²) in [6.07, 6.45) is -0.141. The van der Waals surface area contributed by atoms with Gasteiger partial charge in [0, 0.05) is 5.02 Å². The van der Waals surface area contributed by atoms with Gasteiger partial charge in [0.15, 0.2) is 0 Å². The highest BCUT2D eigenvalue weighted by atomic mass is 35.5. The zero-order valence-electron chi connectivity index (χ0n) is 12.5. The minimum atomic E-state index is -0.630. The molecule has 0 bridgehead atoms. The fourth-order valence-corrected chi connectivity index (χ4v) is 2.66. The van der Waals surface area contributed by atoms with E-state index in [-0.39, 0.29) is 11.3 Å². The molecule has 0 spiro atoms. The molecular formula is C18H15ClO4. The molecule has 118 valence electrons. The molecule has 5 heteroatoms. The lowest BCUT2D eigenvalue weighted by Crippen LogP contribution is -2.17. The molecule has 1 N–H and O–H groups in total. The predicted molar refractivity (Wildman–Crippen MR) is 89.3 cm³/mol. The van der Waals surface area contributed by atoms with Gasteiger partial charge < -0.3 is 14.3 Å². The van der Waals surface area contributed by atoms with Crippen molar-refractivity contribution in [1.29, 1.82) is 0 Å². The molecule has 0 radical (unpaired) electrons. The second-order valence-electron chi connectivity index (χ2n) is 5.12. The number of hydrogen-bond acceptors (Lipinski definition) is 4. The summed E-state index contributed by atoms with van der Waals surface area (Å²) in [6.45, 7) is 1.86. The van der Waals surface area contributed by atoms with Crippen molar-refractivity contribution >= 4 is 22.6 Å². The van der Waals surface area contributed by atoms with Gasteiger partial charge in [0.2, 0.25) is 0 Å². The molecular weight excluding hydrogens is 316 g/mol. The van der Waals surface area contributed by atoms with Crippen molar-refractivity contribution in [3.8, 4) is 11.5 Å². The number of ether oxygens (including phenoxy) is 1. The van der Waals surface area contributed by atoms with Gasteiger partial charge in [-0.05, 0) is 36.8 Å². The van der Waals surface area contributed by atoms with Crippen molar-refractivity contribution < 1.29 is 14.3 Å². The largest absolute Gasteiger partial charge is 0.506 e. The van der Waals surface area contributed by atoms with E-state index in [9.17, 15) is 9.90 Å². The maximum Gasteiger partial charge on any atom is 0.347 e. The molecule has 0 aliphatic rings. The van der Waals surface area contributed by atoms with E-state index in [1.807, 2.05) is 6.92 Å². The molecule has 0 fully saturated rings. The van der Waals surface area contributed by atoms with E-state index in [4.69, 9.17) is 20.8 Å². The summed E-state index contributed by atoms with van der Waals surface area (Å²) in [5.41, 5.74) is -0.141. The number of fused-ring (bicyclic) bond motifs is 1. The van der Waals surface area contributed by atoms with Crippen LogP contribution in [0.1, 0.15) is 25.0 Å². The molecule has 0 aliphatic heterocycles. The Labute approximate surface area is 137 Å². The van der Waals surface area contributed by atoms with Gasteiger partial charge in [-0.15, -0.1) is 0 Å². The van der Waals surface area contributed by atoms with Gasteiger partial charge in [-0.2, -0.15) is 0 Å². The Hall–Kier alpha value is -2.46. The van der Waals surface area contributed by atoms with Gasteiger partial charge in [0.05, 0.1) is 5.39 Å². The summed E-state index contributed by atoms with van der Waals surface area (Å²) < 4.78 is 11.1. The highest BCUT2D eigenvalue weighted by molar-refractivity contribution is 6.30. The van der Waals surface area contributed by atoms with Crippen molar-refractivity contribution in [2.45, 2.75) is 19.4 Å². The second-order valence-corrected chi connectivity index (χ2v) is 5.56. The fraction of sp³-hybridized carbons (Fsp3) is 0.167. The third-order valence-corrected chi connectivity index (χ3v) is 3.82. The molecule has 0 saturated heterocycles. The zero-order chi connectivity index (χ0) is 16.4. The Morgan fingerprint density at radius 3 is 2.74 bits per heavy atom. The minimum Gasteiger partial charge on any atom is -0.506 e. The lowest BCUT2D eigenvalue weighted by atomic mass is 10.1. The summed E-state index contributed by atoms with van der Waals surface area (Å²) in [6, 6.07) is 13.7. The van der Waals surface area contributed by atoms with Crippen LogP contribution in [-0.2, 0) is 0 Å². The number of hydrogen-bond donors (Lipinski definition) is 1. The SMILES string of the molecule is CCC(Oc1cccc(Cl)c1)c1c(O)c2ccccc2oc1=O. The van der Waals surface area contributed by atoms with E-state index < -0.39 is 11.7 Å². The first-order chi connectivity index (χ1) is 11.1. The van der Waals surface area contributed by atoms with Crippen LogP contribution in [0.15, 0.2) is 57.7 Å². The number of halogens is 1. The van der Waals surface area contributed by atoms with Crippen molar-refractivity contribution in [3.05, 3.63) is 69.5 Å². The highest BCUT2D eigenvalue weighted by Crippen LogP contribution is 2.34. The van der Waals surface area contributed by atoms with Gasteiger partial charge in [-0.25, -0.2) is 4.79 Å². The van der Waals surface area contributed by atoms with Crippen LogP contribution in [0.2, 0.25) is 5.02 Å². The Kier molecular flexibility index (Phi) is 4.26. The number of rotatable bonds is 4. The van der Waals surface area contributed by atoms with Crippen LogP contribution in [-0.4, -0.2) is 5.11 Å².